The molecular weight excluding hydrogens is 266 g/mol. The normalized spacial score (nSPS) is 15.2. The van der Waals surface area contributed by atoms with E-state index in [9.17, 15) is 9.59 Å². The Labute approximate surface area is 117 Å². The van der Waals surface area contributed by atoms with E-state index in [0.717, 1.165) is 32.4 Å². The average molecular weight is 282 g/mol. The van der Waals surface area contributed by atoms with Crippen LogP contribution in [0.1, 0.15) is 40.0 Å². The quantitative estimate of drug-likeness (QED) is 0.783. The van der Waals surface area contributed by atoms with Crippen molar-refractivity contribution in [2.75, 3.05) is 20.2 Å². The summed E-state index contributed by atoms with van der Waals surface area (Å²) >= 11 is 6.01. The summed E-state index contributed by atoms with van der Waals surface area (Å²) in [5, 5.41) is 0.245. The summed E-state index contributed by atoms with van der Waals surface area (Å²) in [7, 11) is 1.28. The Morgan fingerprint density at radius 2 is 1.89 bits per heavy atom. The molecule has 0 unspecified atom stereocenters. The van der Waals surface area contributed by atoms with Gasteiger partial charge in [0.05, 0.1) is 23.3 Å². The van der Waals surface area contributed by atoms with Gasteiger partial charge in [0.1, 0.15) is 0 Å². The van der Waals surface area contributed by atoms with Gasteiger partial charge < -0.3 is 9.64 Å². The summed E-state index contributed by atoms with van der Waals surface area (Å²) in [6, 6.07) is 4.88. The van der Waals surface area contributed by atoms with Crippen LogP contribution in [0, 0.1) is 0 Å². The minimum Gasteiger partial charge on any atom is -0.465 e. The number of esters is 1. The molecule has 1 saturated heterocycles. The molecule has 0 aliphatic carbocycles. The molecule has 1 fully saturated rings. The Hall–Kier alpha value is -1.55. The van der Waals surface area contributed by atoms with Crippen LogP contribution in [0.5, 0.6) is 0 Å². The van der Waals surface area contributed by atoms with Crippen LogP contribution >= 0.6 is 11.6 Å². The highest BCUT2D eigenvalue weighted by Gasteiger charge is 2.25. The largest absolute Gasteiger partial charge is 0.465 e. The van der Waals surface area contributed by atoms with Crippen LogP contribution in [0.3, 0.4) is 0 Å². The van der Waals surface area contributed by atoms with E-state index in [2.05, 4.69) is 0 Å². The molecule has 0 radical (unpaired) electrons. The maximum absolute atomic E-state index is 12.5. The number of likely N-dealkylation sites (tertiary alicyclic amines) is 1. The Morgan fingerprint density at radius 1 is 1.21 bits per heavy atom. The maximum atomic E-state index is 12.5. The minimum absolute atomic E-state index is 0.150. The van der Waals surface area contributed by atoms with Gasteiger partial charge in [0.25, 0.3) is 5.91 Å². The fourth-order valence-corrected chi connectivity index (χ4v) is 2.53. The molecule has 1 amide bonds. The molecule has 4 nitrogen and oxygen atoms in total. The molecule has 19 heavy (non-hydrogen) atoms. The molecule has 0 spiro atoms. The van der Waals surface area contributed by atoms with Crippen LogP contribution in [-0.4, -0.2) is 37.0 Å². The second-order valence-electron chi connectivity index (χ2n) is 4.51. The summed E-state index contributed by atoms with van der Waals surface area (Å²) in [6.45, 7) is 1.46. The monoisotopic (exact) mass is 281 g/mol. The molecular formula is C14H16ClNO3. The summed E-state index contributed by atoms with van der Waals surface area (Å²) in [4.78, 5) is 26.0. The van der Waals surface area contributed by atoms with E-state index in [1.54, 1.807) is 23.1 Å². The van der Waals surface area contributed by atoms with Gasteiger partial charge in [-0.05, 0) is 31.4 Å². The number of benzene rings is 1. The Bertz CT molecular complexity index is 495. The molecule has 0 N–H and O–H groups in total. The van der Waals surface area contributed by atoms with E-state index >= 15 is 0 Å². The van der Waals surface area contributed by atoms with Crippen molar-refractivity contribution >= 4 is 23.5 Å². The van der Waals surface area contributed by atoms with E-state index in [-0.39, 0.29) is 16.5 Å². The zero-order chi connectivity index (χ0) is 13.8. The highest BCUT2D eigenvalue weighted by atomic mass is 35.5. The van der Waals surface area contributed by atoms with Crippen molar-refractivity contribution < 1.29 is 14.3 Å². The molecule has 0 bridgehead atoms. The van der Waals surface area contributed by atoms with Gasteiger partial charge in [-0.3, -0.25) is 4.79 Å². The number of hydrogen-bond acceptors (Lipinski definition) is 3. The maximum Gasteiger partial charge on any atom is 0.340 e. The van der Waals surface area contributed by atoms with Crippen molar-refractivity contribution in [3.05, 3.63) is 34.3 Å². The fourth-order valence-electron chi connectivity index (χ4n) is 2.28. The van der Waals surface area contributed by atoms with Crippen LogP contribution < -0.4 is 0 Å². The first-order valence-corrected chi connectivity index (χ1v) is 6.69. The number of piperidine rings is 1. The van der Waals surface area contributed by atoms with Crippen molar-refractivity contribution in [3.63, 3.8) is 0 Å². The number of rotatable bonds is 2. The third-order valence-corrected chi connectivity index (χ3v) is 3.59. The van der Waals surface area contributed by atoms with Crippen LogP contribution in [0.2, 0.25) is 5.02 Å². The molecule has 5 heteroatoms. The first-order valence-electron chi connectivity index (χ1n) is 6.31. The van der Waals surface area contributed by atoms with Gasteiger partial charge in [-0.2, -0.15) is 0 Å². The van der Waals surface area contributed by atoms with Crippen molar-refractivity contribution in [1.29, 1.82) is 0 Å². The van der Waals surface area contributed by atoms with Gasteiger partial charge in [-0.1, -0.05) is 17.7 Å². The molecule has 1 heterocycles. The lowest BCUT2D eigenvalue weighted by molar-refractivity contribution is 0.0588. The van der Waals surface area contributed by atoms with E-state index < -0.39 is 5.97 Å². The molecule has 102 valence electrons. The summed E-state index contributed by atoms with van der Waals surface area (Å²) in [6.07, 6.45) is 3.14. The first-order chi connectivity index (χ1) is 9.15. The first kappa shape index (κ1) is 13.9. The third-order valence-electron chi connectivity index (χ3n) is 3.28. The second kappa shape index (κ2) is 6.06. The van der Waals surface area contributed by atoms with Crippen molar-refractivity contribution in [3.8, 4) is 0 Å². The van der Waals surface area contributed by atoms with Gasteiger partial charge >= 0.3 is 5.97 Å². The van der Waals surface area contributed by atoms with Crippen LogP contribution in [0.15, 0.2) is 18.2 Å². The number of nitrogens with zero attached hydrogens (tertiary/aromatic N) is 1. The lowest BCUT2D eigenvalue weighted by atomic mass is 10.0. The topological polar surface area (TPSA) is 46.6 Å². The van der Waals surface area contributed by atoms with Gasteiger partial charge in [0.2, 0.25) is 0 Å². The lowest BCUT2D eigenvalue weighted by Gasteiger charge is -2.27. The van der Waals surface area contributed by atoms with E-state index in [1.165, 1.54) is 7.11 Å². The highest BCUT2D eigenvalue weighted by molar-refractivity contribution is 6.34. The number of methoxy groups -OCH3 is 1. The van der Waals surface area contributed by atoms with E-state index in [4.69, 9.17) is 16.3 Å². The second-order valence-corrected chi connectivity index (χ2v) is 4.91. The number of halogens is 1. The van der Waals surface area contributed by atoms with Crippen molar-refractivity contribution in [1.82, 2.24) is 4.90 Å². The third kappa shape index (κ3) is 2.89. The summed E-state index contributed by atoms with van der Waals surface area (Å²) < 4.78 is 4.70. The number of carbonyl (C=O) groups excluding carboxylic acids is 2. The Kier molecular flexibility index (Phi) is 4.43. The molecule has 2 rings (SSSR count). The van der Waals surface area contributed by atoms with Gasteiger partial charge in [0, 0.05) is 13.1 Å². The van der Waals surface area contributed by atoms with Gasteiger partial charge in [-0.15, -0.1) is 0 Å². The zero-order valence-electron chi connectivity index (χ0n) is 10.8. The predicted octanol–water partition coefficient (Wildman–Crippen LogP) is 2.75. The van der Waals surface area contributed by atoms with Gasteiger partial charge in [0.15, 0.2) is 0 Å². The Balaban J connectivity index is 2.35. The van der Waals surface area contributed by atoms with Crippen LogP contribution in [-0.2, 0) is 4.74 Å². The molecule has 1 aromatic carbocycles. The van der Waals surface area contributed by atoms with Crippen LogP contribution in [0.4, 0.5) is 0 Å². The van der Waals surface area contributed by atoms with Crippen molar-refractivity contribution in [2.45, 2.75) is 19.3 Å². The SMILES string of the molecule is COC(=O)c1c(Cl)cccc1C(=O)N1CCCCC1. The number of carbonyl (C=O) groups is 2. The summed E-state index contributed by atoms with van der Waals surface area (Å²) in [5.74, 6) is -0.728. The molecule has 1 aliphatic rings. The zero-order valence-corrected chi connectivity index (χ0v) is 11.6. The summed E-state index contributed by atoms with van der Waals surface area (Å²) in [5.41, 5.74) is 0.475. The number of hydrogen-bond donors (Lipinski definition) is 0. The molecule has 0 atom stereocenters. The highest BCUT2D eigenvalue weighted by Crippen LogP contribution is 2.23. The Morgan fingerprint density at radius 3 is 2.53 bits per heavy atom. The number of ether oxygens (including phenoxy) is 1. The fraction of sp³-hybridized carbons (Fsp3) is 0.429. The molecule has 1 aromatic rings. The average Bonchev–Trinajstić information content (AvgIpc) is 2.46. The van der Waals surface area contributed by atoms with Crippen LogP contribution in [0.25, 0.3) is 0 Å². The number of amides is 1. The predicted molar refractivity (Wildman–Crippen MR) is 72.5 cm³/mol. The van der Waals surface area contributed by atoms with Gasteiger partial charge in [-0.25, -0.2) is 4.79 Å². The molecule has 0 saturated carbocycles. The van der Waals surface area contributed by atoms with E-state index in [1.807, 2.05) is 0 Å². The van der Waals surface area contributed by atoms with E-state index in [0.29, 0.717) is 5.56 Å². The standard InChI is InChI=1S/C14H16ClNO3/c1-19-14(18)12-10(6-5-7-11(12)15)13(17)16-8-3-2-4-9-16/h5-7H,2-4,8-9H2,1H3. The minimum atomic E-state index is -0.578. The smallest absolute Gasteiger partial charge is 0.340 e. The lowest BCUT2D eigenvalue weighted by Crippen LogP contribution is -2.36. The van der Waals surface area contributed by atoms with Crippen molar-refractivity contribution in [2.24, 2.45) is 0 Å². The molecule has 1 aliphatic heterocycles. The molecule has 0 aromatic heterocycles.